The minimum atomic E-state index is -0.252. The fraction of sp³-hybridized carbons (Fsp3) is 0.412. The maximum absolute atomic E-state index is 12.1. The lowest BCUT2D eigenvalue weighted by Gasteiger charge is -2.05. The zero-order valence-electron chi connectivity index (χ0n) is 13.1. The van der Waals surface area contributed by atoms with E-state index in [1.165, 1.54) is 6.26 Å². The molecule has 3 N–H and O–H groups in total. The van der Waals surface area contributed by atoms with E-state index in [4.69, 9.17) is 10.2 Å². The van der Waals surface area contributed by atoms with Crippen molar-refractivity contribution < 1.29 is 9.21 Å². The molecule has 1 heterocycles. The molecule has 5 nitrogen and oxygen atoms in total. The van der Waals surface area contributed by atoms with E-state index in [-0.39, 0.29) is 17.6 Å². The van der Waals surface area contributed by atoms with Crippen LogP contribution < -0.4 is 11.1 Å². The van der Waals surface area contributed by atoms with E-state index >= 15 is 0 Å². The first-order valence-electron chi connectivity index (χ1n) is 7.65. The van der Waals surface area contributed by atoms with E-state index in [0.717, 1.165) is 30.4 Å². The lowest BCUT2D eigenvalue weighted by atomic mass is 10.1. The second kappa shape index (κ2) is 7.75. The molecule has 0 spiro atoms. The van der Waals surface area contributed by atoms with Crippen LogP contribution in [0.1, 0.15) is 59.7 Å². The second-order valence-electron chi connectivity index (χ2n) is 5.49. The molecule has 0 aliphatic carbocycles. The molecule has 0 saturated carbocycles. The molecule has 22 heavy (non-hydrogen) atoms. The minimum absolute atomic E-state index is 0.251. The van der Waals surface area contributed by atoms with Crippen molar-refractivity contribution in [3.8, 4) is 0 Å². The third kappa shape index (κ3) is 4.43. The Labute approximate surface area is 130 Å². The number of nitrogens with one attached hydrogen (secondary N) is 1. The highest BCUT2D eigenvalue weighted by Gasteiger charge is 2.16. The fourth-order valence-electron chi connectivity index (χ4n) is 2.20. The zero-order valence-corrected chi connectivity index (χ0v) is 13.1. The van der Waals surface area contributed by atoms with Gasteiger partial charge in [-0.3, -0.25) is 4.79 Å². The van der Waals surface area contributed by atoms with E-state index < -0.39 is 0 Å². The molecule has 118 valence electrons. The Hall–Kier alpha value is -2.14. The van der Waals surface area contributed by atoms with Crippen molar-refractivity contribution >= 4 is 5.91 Å². The lowest BCUT2D eigenvalue weighted by Crippen LogP contribution is -2.23. The van der Waals surface area contributed by atoms with E-state index in [0.29, 0.717) is 12.4 Å². The molecule has 0 aliphatic heterocycles. The Kier molecular flexibility index (Phi) is 5.72. The van der Waals surface area contributed by atoms with Gasteiger partial charge in [-0.05, 0) is 18.9 Å². The van der Waals surface area contributed by atoms with Gasteiger partial charge in [-0.1, -0.05) is 49.6 Å². The predicted molar refractivity (Wildman–Crippen MR) is 85.3 cm³/mol. The summed E-state index contributed by atoms with van der Waals surface area (Å²) in [6.45, 7) is 4.59. The van der Waals surface area contributed by atoms with Crippen molar-refractivity contribution in [1.29, 1.82) is 0 Å². The summed E-state index contributed by atoms with van der Waals surface area (Å²) in [7, 11) is 0. The first-order valence-corrected chi connectivity index (χ1v) is 7.65. The number of rotatable bonds is 7. The summed E-state index contributed by atoms with van der Waals surface area (Å²) in [6, 6.07) is 7.75. The Morgan fingerprint density at radius 1 is 1.45 bits per heavy atom. The highest BCUT2D eigenvalue weighted by atomic mass is 16.3. The number of unbranched alkanes of at least 4 members (excludes halogenated alkanes) is 1. The molecule has 0 saturated heterocycles. The molecule has 0 aliphatic rings. The van der Waals surface area contributed by atoms with Gasteiger partial charge in [0.2, 0.25) is 5.89 Å². The number of hydrogen-bond donors (Lipinski definition) is 2. The molecule has 0 fully saturated rings. The second-order valence-corrected chi connectivity index (χ2v) is 5.49. The maximum atomic E-state index is 12.1. The predicted octanol–water partition coefficient (Wildman–Crippen LogP) is 3.10. The van der Waals surface area contributed by atoms with Crippen molar-refractivity contribution in [2.75, 3.05) is 0 Å². The normalized spacial score (nSPS) is 12.1. The quantitative estimate of drug-likeness (QED) is 0.823. The Morgan fingerprint density at radius 3 is 3.00 bits per heavy atom. The smallest absolute Gasteiger partial charge is 0.273 e. The van der Waals surface area contributed by atoms with Crippen LogP contribution in [0.5, 0.6) is 0 Å². The van der Waals surface area contributed by atoms with Crippen LogP contribution in [0.15, 0.2) is 34.9 Å². The summed E-state index contributed by atoms with van der Waals surface area (Å²) < 4.78 is 5.32. The number of carbonyl (C=O) groups is 1. The van der Waals surface area contributed by atoms with Gasteiger partial charge in [0.15, 0.2) is 5.69 Å². The zero-order chi connectivity index (χ0) is 15.9. The summed E-state index contributed by atoms with van der Waals surface area (Å²) in [4.78, 5) is 16.3. The van der Waals surface area contributed by atoms with Crippen molar-refractivity contribution in [3.05, 3.63) is 53.2 Å². The molecule has 2 aromatic rings. The van der Waals surface area contributed by atoms with Crippen LogP contribution in [0.3, 0.4) is 0 Å². The molecule has 1 unspecified atom stereocenters. The summed E-state index contributed by atoms with van der Waals surface area (Å²) >= 11 is 0. The molecule has 1 atom stereocenters. The van der Waals surface area contributed by atoms with E-state index in [2.05, 4.69) is 17.2 Å². The van der Waals surface area contributed by atoms with Gasteiger partial charge in [-0.25, -0.2) is 4.98 Å². The third-order valence-corrected chi connectivity index (χ3v) is 3.48. The fourth-order valence-corrected chi connectivity index (χ4v) is 2.20. The molecule has 0 bridgehead atoms. The number of benzene rings is 1. The van der Waals surface area contributed by atoms with Crippen LogP contribution in [-0.4, -0.2) is 10.9 Å². The molecular formula is C17H23N3O2. The highest BCUT2D eigenvalue weighted by Crippen LogP contribution is 2.16. The van der Waals surface area contributed by atoms with E-state index in [1.54, 1.807) is 0 Å². The van der Waals surface area contributed by atoms with Crippen LogP contribution >= 0.6 is 0 Å². The van der Waals surface area contributed by atoms with Crippen molar-refractivity contribution in [3.63, 3.8) is 0 Å². The SMILES string of the molecule is CCCCC(N)c1nc(C(=O)NCc2cccc(C)c2)co1. The maximum Gasteiger partial charge on any atom is 0.273 e. The number of aromatic nitrogens is 1. The molecular weight excluding hydrogens is 278 g/mol. The van der Waals surface area contributed by atoms with Crippen LogP contribution in [0.4, 0.5) is 0 Å². The molecule has 5 heteroatoms. The van der Waals surface area contributed by atoms with Gasteiger partial charge < -0.3 is 15.5 Å². The van der Waals surface area contributed by atoms with Crippen molar-refractivity contribution in [2.45, 2.75) is 45.7 Å². The lowest BCUT2D eigenvalue weighted by molar-refractivity contribution is 0.0946. The number of amides is 1. The standard InChI is InChI=1S/C17H23N3O2/c1-3-4-8-14(18)17-20-15(11-22-17)16(21)19-10-13-7-5-6-12(2)9-13/h5-7,9,11,14H,3-4,8,10,18H2,1-2H3,(H,19,21). The third-order valence-electron chi connectivity index (χ3n) is 3.48. The molecule has 0 radical (unpaired) electrons. The monoisotopic (exact) mass is 301 g/mol. The van der Waals surface area contributed by atoms with E-state index in [1.807, 2.05) is 31.2 Å². The Bertz CT molecular complexity index is 622. The van der Waals surface area contributed by atoms with Crippen LogP contribution in [0, 0.1) is 6.92 Å². The van der Waals surface area contributed by atoms with Crippen molar-refractivity contribution in [2.24, 2.45) is 5.73 Å². The van der Waals surface area contributed by atoms with Gasteiger partial charge in [0.05, 0.1) is 6.04 Å². The number of carbonyl (C=O) groups excluding carboxylic acids is 1. The molecule has 2 rings (SSSR count). The number of nitrogens with two attached hydrogens (primary N) is 1. The Morgan fingerprint density at radius 2 is 2.27 bits per heavy atom. The summed E-state index contributed by atoms with van der Waals surface area (Å²) in [6.07, 6.45) is 4.25. The molecule has 1 aromatic heterocycles. The van der Waals surface area contributed by atoms with Gasteiger partial charge in [0.25, 0.3) is 5.91 Å². The van der Waals surface area contributed by atoms with Crippen LogP contribution in [0.25, 0.3) is 0 Å². The van der Waals surface area contributed by atoms with E-state index in [9.17, 15) is 4.79 Å². The number of nitrogens with zero attached hydrogens (tertiary/aromatic N) is 1. The van der Waals surface area contributed by atoms with Gasteiger partial charge in [0.1, 0.15) is 6.26 Å². The number of oxazole rings is 1. The average molecular weight is 301 g/mol. The summed E-state index contributed by atoms with van der Waals surface area (Å²) in [5.74, 6) is 0.174. The molecule has 1 amide bonds. The average Bonchev–Trinajstić information content (AvgIpc) is 3.00. The number of hydrogen-bond acceptors (Lipinski definition) is 4. The topological polar surface area (TPSA) is 81.1 Å². The van der Waals surface area contributed by atoms with Gasteiger partial charge in [0, 0.05) is 6.54 Å². The van der Waals surface area contributed by atoms with Crippen LogP contribution in [0.2, 0.25) is 0 Å². The van der Waals surface area contributed by atoms with Gasteiger partial charge in [-0.15, -0.1) is 0 Å². The van der Waals surface area contributed by atoms with Gasteiger partial charge in [-0.2, -0.15) is 0 Å². The Balaban J connectivity index is 1.91. The van der Waals surface area contributed by atoms with Gasteiger partial charge >= 0.3 is 0 Å². The number of aryl methyl sites for hydroxylation is 1. The first kappa shape index (κ1) is 16.2. The first-order chi connectivity index (χ1) is 10.6. The highest BCUT2D eigenvalue weighted by molar-refractivity contribution is 5.91. The van der Waals surface area contributed by atoms with Crippen molar-refractivity contribution in [1.82, 2.24) is 10.3 Å². The summed E-state index contributed by atoms with van der Waals surface area (Å²) in [5, 5.41) is 2.84. The minimum Gasteiger partial charge on any atom is -0.446 e. The van der Waals surface area contributed by atoms with Crippen LogP contribution in [-0.2, 0) is 6.54 Å². The summed E-state index contributed by atoms with van der Waals surface area (Å²) in [5.41, 5.74) is 8.48. The molecule has 1 aromatic carbocycles. The largest absolute Gasteiger partial charge is 0.446 e.